The van der Waals surface area contributed by atoms with Crippen molar-refractivity contribution in [3.63, 3.8) is 0 Å². The zero-order valence-corrected chi connectivity index (χ0v) is 17.9. The molecule has 0 saturated carbocycles. The number of nitrogens with zero attached hydrogens (tertiary/aromatic N) is 2. The number of halogens is 1. The summed E-state index contributed by atoms with van der Waals surface area (Å²) in [4.78, 5) is 30.3. The molecular formula is C20H23ClN2O4S. The molecule has 1 aromatic carbocycles. The van der Waals surface area contributed by atoms with E-state index in [0.717, 1.165) is 4.88 Å². The van der Waals surface area contributed by atoms with Gasteiger partial charge in [0.15, 0.2) is 4.80 Å². The minimum absolute atomic E-state index is 0.0939. The Morgan fingerprint density at radius 1 is 1.43 bits per heavy atom. The third-order valence-electron chi connectivity index (χ3n) is 4.42. The van der Waals surface area contributed by atoms with Crippen LogP contribution >= 0.6 is 22.9 Å². The first kappa shape index (κ1) is 20.6. The normalized spacial score (nSPS) is 17.7. The lowest BCUT2D eigenvalue weighted by Gasteiger charge is -2.15. The maximum atomic E-state index is 12.8. The molecule has 1 amide bonds. The number of hydrogen-bond donors (Lipinski definition) is 0. The van der Waals surface area contributed by atoms with Gasteiger partial charge < -0.3 is 14.0 Å². The predicted octanol–water partition coefficient (Wildman–Crippen LogP) is 3.96. The van der Waals surface area contributed by atoms with Crippen LogP contribution < -0.4 is 9.54 Å². The molecule has 1 aromatic heterocycles. The van der Waals surface area contributed by atoms with E-state index in [9.17, 15) is 9.59 Å². The Bertz CT molecular complexity index is 971. The first-order valence-electron chi connectivity index (χ1n) is 9.00. The van der Waals surface area contributed by atoms with Crippen LogP contribution in [0.5, 0.6) is 5.75 Å². The number of carbonyl (C=O) groups excluding carboxylic acids is 2. The summed E-state index contributed by atoms with van der Waals surface area (Å²) in [5.74, 6) is -0.198. The van der Waals surface area contributed by atoms with Crippen LogP contribution in [0, 0.1) is 0 Å². The number of methoxy groups -OCH3 is 1. The van der Waals surface area contributed by atoms with E-state index in [1.165, 1.54) is 18.4 Å². The van der Waals surface area contributed by atoms with Gasteiger partial charge in [0.05, 0.1) is 19.2 Å². The van der Waals surface area contributed by atoms with Crippen molar-refractivity contribution in [3.05, 3.63) is 44.7 Å². The van der Waals surface area contributed by atoms with Gasteiger partial charge in [0.1, 0.15) is 11.9 Å². The average Bonchev–Trinajstić information content (AvgIpc) is 3.21. The predicted molar refractivity (Wildman–Crippen MR) is 108 cm³/mol. The van der Waals surface area contributed by atoms with E-state index in [4.69, 9.17) is 21.1 Å². The first-order chi connectivity index (χ1) is 13.2. The van der Waals surface area contributed by atoms with Gasteiger partial charge >= 0.3 is 5.97 Å². The second kappa shape index (κ2) is 8.09. The molecule has 8 heteroatoms. The summed E-state index contributed by atoms with van der Waals surface area (Å²) in [6.45, 7) is 6.77. The Morgan fingerprint density at radius 2 is 2.18 bits per heavy atom. The van der Waals surface area contributed by atoms with Gasteiger partial charge in [0.25, 0.3) is 5.91 Å². The molecule has 28 heavy (non-hydrogen) atoms. The molecule has 0 aliphatic carbocycles. The highest BCUT2D eigenvalue weighted by molar-refractivity contribution is 7.09. The molecule has 2 heterocycles. The van der Waals surface area contributed by atoms with Gasteiger partial charge in [-0.2, -0.15) is 4.99 Å². The van der Waals surface area contributed by atoms with Crippen LogP contribution in [0.25, 0.3) is 0 Å². The molecule has 1 fully saturated rings. The minimum Gasteiger partial charge on any atom is -0.496 e. The monoisotopic (exact) mass is 422 g/mol. The summed E-state index contributed by atoms with van der Waals surface area (Å²) in [6.07, 6.45) is 2.87. The van der Waals surface area contributed by atoms with E-state index < -0.39 is 5.91 Å². The smallest absolute Gasteiger partial charge is 0.306 e. The standard InChI is InChI=1S/C20H23ClN2O4S/c1-20(2,3)16-11-23(10-13-6-8-17(24)27-13)19(28-16)22-18(25)14-9-12(21)5-7-15(14)26-4/h5,7,9,11,13H,6,8,10H2,1-4H3/t13-/m1/s1. The molecule has 150 valence electrons. The number of cyclic esters (lactones) is 1. The van der Waals surface area contributed by atoms with Crippen LogP contribution in [0.2, 0.25) is 5.02 Å². The van der Waals surface area contributed by atoms with Crippen molar-refractivity contribution in [2.45, 2.75) is 51.7 Å². The number of rotatable bonds is 4. The molecule has 0 N–H and O–H groups in total. The van der Waals surface area contributed by atoms with Crippen molar-refractivity contribution in [3.8, 4) is 5.75 Å². The van der Waals surface area contributed by atoms with Crippen LogP contribution in [0.15, 0.2) is 29.4 Å². The Labute approximate surface area is 172 Å². The Kier molecular flexibility index (Phi) is 5.95. The second-order valence-corrected chi connectivity index (χ2v) is 9.14. The van der Waals surface area contributed by atoms with Crippen molar-refractivity contribution in [1.29, 1.82) is 0 Å². The van der Waals surface area contributed by atoms with Crippen LogP contribution in [0.1, 0.15) is 48.8 Å². The summed E-state index contributed by atoms with van der Waals surface area (Å²) in [5.41, 5.74) is 0.211. The number of benzene rings is 1. The van der Waals surface area contributed by atoms with Crippen molar-refractivity contribution in [2.75, 3.05) is 7.11 Å². The largest absolute Gasteiger partial charge is 0.496 e. The number of esters is 1. The fraction of sp³-hybridized carbons (Fsp3) is 0.450. The zero-order chi connectivity index (χ0) is 20.5. The summed E-state index contributed by atoms with van der Waals surface area (Å²) in [6, 6.07) is 4.86. The molecule has 6 nitrogen and oxygen atoms in total. The van der Waals surface area contributed by atoms with Crippen molar-refractivity contribution in [1.82, 2.24) is 4.57 Å². The Balaban J connectivity index is 2.01. The lowest BCUT2D eigenvalue weighted by Crippen LogP contribution is -2.24. The molecule has 1 aliphatic rings. The van der Waals surface area contributed by atoms with Crippen molar-refractivity contribution < 1.29 is 19.1 Å². The zero-order valence-electron chi connectivity index (χ0n) is 16.3. The first-order valence-corrected chi connectivity index (χ1v) is 10.2. The van der Waals surface area contributed by atoms with Crippen LogP contribution in [-0.2, 0) is 21.5 Å². The Hall–Kier alpha value is -2.12. The molecule has 1 aliphatic heterocycles. The van der Waals surface area contributed by atoms with Gasteiger partial charge in [0, 0.05) is 22.5 Å². The topological polar surface area (TPSA) is 69.9 Å². The fourth-order valence-electron chi connectivity index (χ4n) is 2.87. The number of carbonyl (C=O) groups is 2. The molecule has 1 atom stereocenters. The molecule has 1 saturated heterocycles. The van der Waals surface area contributed by atoms with E-state index in [1.807, 2.05) is 10.8 Å². The number of thiazole rings is 1. The molecule has 3 rings (SSSR count). The summed E-state index contributed by atoms with van der Waals surface area (Å²) in [7, 11) is 1.50. The molecule has 0 radical (unpaired) electrons. The maximum Gasteiger partial charge on any atom is 0.306 e. The average molecular weight is 423 g/mol. The summed E-state index contributed by atoms with van der Waals surface area (Å²) < 4.78 is 12.5. The molecule has 2 aromatic rings. The number of ether oxygens (including phenoxy) is 2. The van der Waals surface area contributed by atoms with Gasteiger partial charge in [-0.1, -0.05) is 32.4 Å². The van der Waals surface area contributed by atoms with Crippen LogP contribution in [-0.4, -0.2) is 29.7 Å². The quantitative estimate of drug-likeness (QED) is 0.699. The SMILES string of the molecule is COc1ccc(Cl)cc1C(=O)N=c1sc(C(C)(C)C)cn1C[C@H]1CCC(=O)O1. The summed E-state index contributed by atoms with van der Waals surface area (Å²) in [5, 5.41) is 0.437. The third-order valence-corrected chi connectivity index (χ3v) is 6.10. The Morgan fingerprint density at radius 3 is 2.79 bits per heavy atom. The highest BCUT2D eigenvalue weighted by atomic mass is 35.5. The second-order valence-electron chi connectivity index (χ2n) is 7.69. The van der Waals surface area contributed by atoms with Crippen molar-refractivity contribution >= 4 is 34.8 Å². The minimum atomic E-state index is -0.432. The number of aromatic nitrogens is 1. The molecule has 0 spiro atoms. The summed E-state index contributed by atoms with van der Waals surface area (Å²) >= 11 is 7.50. The number of amides is 1. The van der Waals surface area contributed by atoms with Gasteiger partial charge in [-0.05, 0) is 30.0 Å². The highest BCUT2D eigenvalue weighted by Gasteiger charge is 2.25. The van der Waals surface area contributed by atoms with Crippen LogP contribution in [0.4, 0.5) is 0 Å². The van der Waals surface area contributed by atoms with Gasteiger partial charge in [0.2, 0.25) is 0 Å². The fourth-order valence-corrected chi connectivity index (χ4v) is 4.10. The van der Waals surface area contributed by atoms with Gasteiger partial charge in [-0.25, -0.2) is 0 Å². The van der Waals surface area contributed by atoms with Crippen molar-refractivity contribution in [2.24, 2.45) is 4.99 Å². The van der Waals surface area contributed by atoms with E-state index in [2.05, 4.69) is 25.8 Å². The molecule has 0 bridgehead atoms. The lowest BCUT2D eigenvalue weighted by molar-refractivity contribution is -0.141. The highest BCUT2D eigenvalue weighted by Crippen LogP contribution is 2.26. The van der Waals surface area contributed by atoms with E-state index >= 15 is 0 Å². The van der Waals surface area contributed by atoms with Gasteiger partial charge in [-0.3, -0.25) is 9.59 Å². The van der Waals surface area contributed by atoms with E-state index in [0.29, 0.717) is 40.5 Å². The van der Waals surface area contributed by atoms with E-state index in [-0.39, 0.29) is 17.5 Å². The maximum absolute atomic E-state index is 12.8. The van der Waals surface area contributed by atoms with Gasteiger partial charge in [-0.15, -0.1) is 11.3 Å². The van der Waals surface area contributed by atoms with Crippen LogP contribution in [0.3, 0.4) is 0 Å². The molecular weight excluding hydrogens is 400 g/mol. The van der Waals surface area contributed by atoms with E-state index in [1.54, 1.807) is 18.2 Å². The molecule has 0 unspecified atom stereocenters. The third kappa shape index (κ3) is 4.64. The lowest BCUT2D eigenvalue weighted by atomic mass is 9.95. The number of hydrogen-bond acceptors (Lipinski definition) is 5.